The molecule has 3 amide bonds. The van der Waals surface area contributed by atoms with Crippen LogP contribution in [0.4, 0.5) is 9.80 Å². The van der Waals surface area contributed by atoms with Gasteiger partial charge in [0.05, 0.1) is 17.1 Å². The van der Waals surface area contributed by atoms with Gasteiger partial charge in [-0.3, -0.25) is 14.9 Å². The van der Waals surface area contributed by atoms with Crippen LogP contribution < -0.4 is 10.6 Å². The number of sulfonamides is 1. The van der Waals surface area contributed by atoms with E-state index in [4.69, 9.17) is 4.74 Å². The molecule has 1 aromatic heterocycles. The number of hydrogen-bond acceptors (Lipinski definition) is 7. The topological polar surface area (TPSA) is 122 Å². The predicted octanol–water partition coefficient (Wildman–Crippen LogP) is 2.98. The highest BCUT2D eigenvalue weighted by molar-refractivity contribution is 7.89. The molecule has 0 spiro atoms. The number of ether oxygens (including phenoxy) is 1. The summed E-state index contributed by atoms with van der Waals surface area (Å²) in [7, 11) is -3.61. The summed E-state index contributed by atoms with van der Waals surface area (Å²) in [5, 5.41) is 6.79. The molecular weight excluding hydrogens is 454 g/mol. The fourth-order valence-electron chi connectivity index (χ4n) is 3.34. The van der Waals surface area contributed by atoms with Crippen molar-refractivity contribution in [3.8, 4) is 0 Å². The number of nitrogens with zero attached hydrogens (tertiary/aromatic N) is 1. The van der Waals surface area contributed by atoms with Crippen molar-refractivity contribution in [2.24, 2.45) is 5.92 Å². The van der Waals surface area contributed by atoms with Crippen LogP contribution in [0.1, 0.15) is 35.7 Å². The molecule has 32 heavy (non-hydrogen) atoms. The number of carbonyl (C=O) groups excluding carboxylic acids is 3. The van der Waals surface area contributed by atoms with Crippen molar-refractivity contribution in [2.75, 3.05) is 25.0 Å². The standard InChI is InChI=1S/C21H25N3O6S2/c1-3-30-21(27)23-19(26)17-10-13-31-20(17)22-18(25)15-8-11-24(12-9-15)32(28,29)16-6-4-14(2)5-7-16/h4-7,10,13,15H,3,8-9,11-12H2,1-2H3,(H,22,25)(H,23,26,27). The zero-order valence-corrected chi connectivity index (χ0v) is 19.4. The molecule has 0 atom stereocenters. The first kappa shape index (κ1) is 23.9. The number of alkyl carbamates (subject to hydrolysis) is 1. The van der Waals surface area contributed by atoms with Crippen molar-refractivity contribution in [1.82, 2.24) is 9.62 Å². The number of amides is 3. The Balaban J connectivity index is 1.59. The summed E-state index contributed by atoms with van der Waals surface area (Å²) < 4.78 is 31.7. The Morgan fingerprint density at radius 1 is 1.12 bits per heavy atom. The van der Waals surface area contributed by atoms with Crippen molar-refractivity contribution in [2.45, 2.75) is 31.6 Å². The number of benzene rings is 1. The van der Waals surface area contributed by atoms with Gasteiger partial charge >= 0.3 is 6.09 Å². The minimum Gasteiger partial charge on any atom is -0.450 e. The lowest BCUT2D eigenvalue weighted by Crippen LogP contribution is -2.41. The minimum absolute atomic E-state index is 0.130. The number of nitrogens with one attached hydrogen (secondary N) is 2. The number of hydrogen-bond donors (Lipinski definition) is 2. The first-order chi connectivity index (χ1) is 15.2. The Labute approximate surface area is 190 Å². The van der Waals surface area contributed by atoms with Crippen LogP contribution in [0.5, 0.6) is 0 Å². The summed E-state index contributed by atoms with van der Waals surface area (Å²) >= 11 is 1.16. The van der Waals surface area contributed by atoms with E-state index in [1.165, 1.54) is 10.4 Å². The summed E-state index contributed by atoms with van der Waals surface area (Å²) in [6, 6.07) is 8.19. The van der Waals surface area contributed by atoms with Crippen LogP contribution in [0.3, 0.4) is 0 Å². The first-order valence-electron chi connectivity index (χ1n) is 10.2. The third-order valence-corrected chi connectivity index (χ3v) is 7.86. The largest absolute Gasteiger partial charge is 0.450 e. The maximum Gasteiger partial charge on any atom is 0.414 e. The number of anilines is 1. The average Bonchev–Trinajstić information content (AvgIpc) is 3.22. The molecular formula is C21H25N3O6S2. The van der Waals surface area contributed by atoms with Gasteiger partial charge in [-0.25, -0.2) is 13.2 Å². The molecule has 3 rings (SSSR count). The van der Waals surface area contributed by atoms with Gasteiger partial charge in [0.2, 0.25) is 15.9 Å². The van der Waals surface area contributed by atoms with Gasteiger partial charge in [0.15, 0.2) is 0 Å². The van der Waals surface area contributed by atoms with Crippen molar-refractivity contribution in [3.63, 3.8) is 0 Å². The molecule has 0 unspecified atom stereocenters. The third-order valence-electron chi connectivity index (χ3n) is 5.12. The molecule has 0 saturated carbocycles. The summed E-state index contributed by atoms with van der Waals surface area (Å²) in [4.78, 5) is 36.7. The van der Waals surface area contributed by atoms with E-state index in [9.17, 15) is 22.8 Å². The van der Waals surface area contributed by atoms with Gasteiger partial charge in [-0.15, -0.1) is 11.3 Å². The van der Waals surface area contributed by atoms with Gasteiger partial charge in [-0.05, 0) is 50.3 Å². The van der Waals surface area contributed by atoms with Gasteiger partial charge in [0.25, 0.3) is 5.91 Å². The number of imide groups is 1. The Bertz CT molecular complexity index is 1090. The van der Waals surface area contributed by atoms with E-state index in [-0.39, 0.29) is 42.0 Å². The lowest BCUT2D eigenvalue weighted by Gasteiger charge is -2.30. The zero-order valence-electron chi connectivity index (χ0n) is 17.8. The Hall–Kier alpha value is -2.76. The van der Waals surface area contributed by atoms with Crippen LogP contribution in [0.15, 0.2) is 40.6 Å². The number of carbonyl (C=O) groups is 3. The fraction of sp³-hybridized carbons (Fsp3) is 0.381. The molecule has 1 aliphatic rings. The SMILES string of the molecule is CCOC(=O)NC(=O)c1ccsc1NC(=O)C1CCN(S(=O)(=O)c2ccc(C)cc2)CC1. The molecule has 0 radical (unpaired) electrons. The molecule has 1 fully saturated rings. The number of aryl methyl sites for hydroxylation is 1. The molecule has 0 aliphatic carbocycles. The first-order valence-corrected chi connectivity index (χ1v) is 12.5. The van der Waals surface area contributed by atoms with Crippen LogP contribution in [-0.4, -0.2) is 50.3 Å². The summed E-state index contributed by atoms with van der Waals surface area (Å²) in [6.07, 6.45) is -0.123. The van der Waals surface area contributed by atoms with Crippen LogP contribution in [0.25, 0.3) is 0 Å². The summed E-state index contributed by atoms with van der Waals surface area (Å²) in [6.45, 7) is 4.10. The summed E-state index contributed by atoms with van der Waals surface area (Å²) in [5.74, 6) is -1.34. The molecule has 11 heteroatoms. The highest BCUT2D eigenvalue weighted by atomic mass is 32.2. The molecule has 2 N–H and O–H groups in total. The minimum atomic E-state index is -3.61. The van der Waals surface area contributed by atoms with Gasteiger partial charge in [-0.1, -0.05) is 17.7 Å². The highest BCUT2D eigenvalue weighted by Crippen LogP contribution is 2.28. The van der Waals surface area contributed by atoms with Crippen molar-refractivity contribution < 1.29 is 27.5 Å². The van der Waals surface area contributed by atoms with Crippen molar-refractivity contribution in [1.29, 1.82) is 0 Å². The molecule has 2 heterocycles. The third kappa shape index (κ3) is 5.53. The predicted molar refractivity (Wildman–Crippen MR) is 120 cm³/mol. The normalized spacial score (nSPS) is 15.2. The van der Waals surface area contributed by atoms with E-state index < -0.39 is 22.0 Å². The Morgan fingerprint density at radius 3 is 2.41 bits per heavy atom. The molecule has 2 aromatic rings. The van der Waals surface area contributed by atoms with Crippen LogP contribution in [0.2, 0.25) is 0 Å². The van der Waals surface area contributed by atoms with Crippen LogP contribution >= 0.6 is 11.3 Å². The maximum absolute atomic E-state index is 12.8. The van der Waals surface area contributed by atoms with Gasteiger partial charge < -0.3 is 10.1 Å². The lowest BCUT2D eigenvalue weighted by atomic mass is 9.97. The van der Waals surface area contributed by atoms with E-state index in [1.54, 1.807) is 36.6 Å². The smallest absolute Gasteiger partial charge is 0.414 e. The quantitative estimate of drug-likeness (QED) is 0.657. The van der Waals surface area contributed by atoms with E-state index in [1.807, 2.05) is 6.92 Å². The second-order valence-corrected chi connectivity index (χ2v) is 10.2. The van der Waals surface area contributed by atoms with E-state index >= 15 is 0 Å². The van der Waals surface area contributed by atoms with Crippen LogP contribution in [-0.2, 0) is 19.6 Å². The molecule has 0 bridgehead atoms. The molecule has 9 nitrogen and oxygen atoms in total. The van der Waals surface area contributed by atoms with E-state index in [2.05, 4.69) is 10.6 Å². The van der Waals surface area contributed by atoms with Crippen LogP contribution in [0, 0.1) is 12.8 Å². The monoisotopic (exact) mass is 479 g/mol. The number of rotatable bonds is 6. The fourth-order valence-corrected chi connectivity index (χ4v) is 5.60. The number of thiophene rings is 1. The van der Waals surface area contributed by atoms with Crippen molar-refractivity contribution in [3.05, 3.63) is 46.8 Å². The zero-order chi connectivity index (χ0) is 23.3. The lowest BCUT2D eigenvalue weighted by molar-refractivity contribution is -0.120. The van der Waals surface area contributed by atoms with Gasteiger partial charge in [0, 0.05) is 19.0 Å². The Kier molecular flexibility index (Phi) is 7.64. The second kappa shape index (κ2) is 10.2. The number of piperidine rings is 1. The van der Waals surface area contributed by atoms with E-state index in [0.29, 0.717) is 17.8 Å². The van der Waals surface area contributed by atoms with Gasteiger partial charge in [-0.2, -0.15) is 4.31 Å². The molecule has 172 valence electrons. The van der Waals surface area contributed by atoms with E-state index in [0.717, 1.165) is 16.9 Å². The van der Waals surface area contributed by atoms with Gasteiger partial charge in [0.1, 0.15) is 5.00 Å². The second-order valence-electron chi connectivity index (χ2n) is 7.32. The molecule has 1 saturated heterocycles. The molecule has 1 aromatic carbocycles. The Morgan fingerprint density at radius 2 is 1.78 bits per heavy atom. The molecule has 1 aliphatic heterocycles. The average molecular weight is 480 g/mol. The highest BCUT2D eigenvalue weighted by Gasteiger charge is 2.32. The van der Waals surface area contributed by atoms with Crippen molar-refractivity contribution >= 4 is 44.3 Å². The summed E-state index contributed by atoms with van der Waals surface area (Å²) in [5.41, 5.74) is 1.14. The maximum atomic E-state index is 12.8.